The number of nitrogens with zero attached hydrogens (tertiary/aromatic N) is 1. The summed E-state index contributed by atoms with van der Waals surface area (Å²) in [5.41, 5.74) is 0.734. The Morgan fingerprint density at radius 3 is 2.26 bits per heavy atom. The van der Waals surface area contributed by atoms with Gasteiger partial charge in [0.25, 0.3) is 0 Å². The summed E-state index contributed by atoms with van der Waals surface area (Å²) in [5.74, 6) is -0.972. The van der Waals surface area contributed by atoms with E-state index in [-0.39, 0.29) is 24.7 Å². The highest BCUT2D eigenvalue weighted by Crippen LogP contribution is 2.23. The average molecular weight is 263 g/mol. The number of hydrogen-bond donors (Lipinski definition) is 0. The van der Waals surface area contributed by atoms with Crippen LogP contribution in [0.15, 0.2) is 24.3 Å². The fraction of sp³-hybridized carbons (Fsp3) is 0.357. The number of benzene rings is 1. The van der Waals surface area contributed by atoms with Gasteiger partial charge in [-0.25, -0.2) is 4.79 Å². The lowest BCUT2D eigenvalue weighted by Crippen LogP contribution is -2.28. The topological polar surface area (TPSA) is 63.7 Å². The summed E-state index contributed by atoms with van der Waals surface area (Å²) in [7, 11) is 1.28. The Morgan fingerprint density at radius 2 is 1.74 bits per heavy atom. The Kier molecular flexibility index (Phi) is 5.23. The molecular weight excluding hydrogens is 246 g/mol. The number of methoxy groups -OCH3 is 1. The van der Waals surface area contributed by atoms with Gasteiger partial charge in [0.2, 0.25) is 11.8 Å². The number of imide groups is 1. The van der Waals surface area contributed by atoms with Crippen LogP contribution in [0.4, 0.5) is 5.69 Å². The van der Waals surface area contributed by atoms with Gasteiger partial charge >= 0.3 is 5.97 Å². The molecule has 1 aliphatic heterocycles. The molecule has 0 unspecified atom stereocenters. The average Bonchev–Trinajstić information content (AvgIpc) is 2.79. The monoisotopic (exact) mass is 263 g/mol. The van der Waals surface area contributed by atoms with Gasteiger partial charge < -0.3 is 4.74 Å². The Bertz CT molecular complexity index is 480. The molecule has 0 N–H and O–H groups in total. The lowest BCUT2D eigenvalue weighted by Gasteiger charge is -2.14. The zero-order valence-electron chi connectivity index (χ0n) is 11.3. The van der Waals surface area contributed by atoms with Crippen LogP contribution in [-0.4, -0.2) is 24.9 Å². The summed E-state index contributed by atoms with van der Waals surface area (Å²) < 4.78 is 4.58. The van der Waals surface area contributed by atoms with Crippen molar-refractivity contribution in [3.8, 4) is 0 Å². The Balaban J connectivity index is 0.000000861. The summed E-state index contributed by atoms with van der Waals surface area (Å²) in [5, 5.41) is 0. The third kappa shape index (κ3) is 3.19. The molecule has 1 fully saturated rings. The van der Waals surface area contributed by atoms with E-state index in [0.29, 0.717) is 11.3 Å². The molecule has 5 heteroatoms. The number of carbonyl (C=O) groups is 3. The highest BCUT2D eigenvalue weighted by molar-refractivity contribution is 6.20. The maximum absolute atomic E-state index is 11.5. The van der Waals surface area contributed by atoms with E-state index in [9.17, 15) is 14.4 Å². The molecule has 102 valence electrons. The predicted molar refractivity (Wildman–Crippen MR) is 70.9 cm³/mol. The molecule has 5 nitrogen and oxygen atoms in total. The van der Waals surface area contributed by atoms with Crippen molar-refractivity contribution >= 4 is 23.5 Å². The number of amides is 2. The lowest BCUT2D eigenvalue weighted by atomic mass is 10.2. The summed E-state index contributed by atoms with van der Waals surface area (Å²) in [6.45, 7) is 4.00. The van der Waals surface area contributed by atoms with Gasteiger partial charge in [-0.05, 0) is 18.2 Å². The molecule has 0 aliphatic carbocycles. The largest absolute Gasteiger partial charge is 0.465 e. The van der Waals surface area contributed by atoms with Crippen molar-refractivity contribution in [2.24, 2.45) is 0 Å². The Hall–Kier alpha value is -2.17. The van der Waals surface area contributed by atoms with E-state index in [1.165, 1.54) is 13.2 Å². The highest BCUT2D eigenvalue weighted by Gasteiger charge is 2.30. The predicted octanol–water partition coefficient (Wildman–Crippen LogP) is 2.15. The van der Waals surface area contributed by atoms with Crippen LogP contribution in [0.3, 0.4) is 0 Å². The minimum absolute atomic E-state index is 0.223. The number of ether oxygens (including phenoxy) is 1. The Morgan fingerprint density at radius 1 is 1.16 bits per heavy atom. The molecular formula is C14H17NO4. The molecule has 1 aliphatic rings. The van der Waals surface area contributed by atoms with Crippen LogP contribution < -0.4 is 4.90 Å². The number of anilines is 1. The minimum atomic E-state index is -0.494. The van der Waals surface area contributed by atoms with E-state index in [1.54, 1.807) is 18.2 Å². The van der Waals surface area contributed by atoms with Gasteiger partial charge in [-0.1, -0.05) is 19.9 Å². The third-order valence-electron chi connectivity index (χ3n) is 2.58. The molecule has 1 aromatic carbocycles. The highest BCUT2D eigenvalue weighted by atomic mass is 16.5. The lowest BCUT2D eigenvalue weighted by molar-refractivity contribution is -0.121. The number of hydrogen-bond acceptors (Lipinski definition) is 4. The smallest absolute Gasteiger partial charge is 0.337 e. The molecule has 19 heavy (non-hydrogen) atoms. The van der Waals surface area contributed by atoms with Crippen molar-refractivity contribution < 1.29 is 19.1 Å². The van der Waals surface area contributed by atoms with Crippen LogP contribution in [0.2, 0.25) is 0 Å². The molecule has 0 saturated carbocycles. The summed E-state index contributed by atoms with van der Waals surface area (Å²) in [6, 6.07) is 6.28. The van der Waals surface area contributed by atoms with Gasteiger partial charge in [0, 0.05) is 12.8 Å². The molecule has 0 aromatic heterocycles. The standard InChI is InChI=1S/C12H11NO4.C2H6/c1-17-12(16)8-3-2-4-9(7-8)13-10(14)5-6-11(13)15;1-2/h2-4,7H,5-6H2,1H3;1-2H3. The van der Waals surface area contributed by atoms with E-state index >= 15 is 0 Å². The first-order valence-corrected chi connectivity index (χ1v) is 6.17. The number of esters is 1. The number of rotatable bonds is 2. The molecule has 0 radical (unpaired) electrons. The fourth-order valence-corrected chi connectivity index (χ4v) is 1.75. The van der Waals surface area contributed by atoms with Crippen LogP contribution >= 0.6 is 0 Å². The van der Waals surface area contributed by atoms with Crippen LogP contribution in [0.5, 0.6) is 0 Å². The minimum Gasteiger partial charge on any atom is -0.465 e. The summed E-state index contributed by atoms with van der Waals surface area (Å²) >= 11 is 0. The first-order valence-electron chi connectivity index (χ1n) is 6.17. The zero-order chi connectivity index (χ0) is 14.4. The van der Waals surface area contributed by atoms with Gasteiger partial charge in [-0.3, -0.25) is 14.5 Å². The first-order chi connectivity index (χ1) is 9.13. The molecule has 2 amide bonds. The second-order valence-corrected chi connectivity index (χ2v) is 3.66. The van der Waals surface area contributed by atoms with Gasteiger partial charge in [0.15, 0.2) is 0 Å². The van der Waals surface area contributed by atoms with Crippen molar-refractivity contribution in [1.82, 2.24) is 0 Å². The number of carbonyl (C=O) groups excluding carboxylic acids is 3. The van der Waals surface area contributed by atoms with E-state index in [2.05, 4.69) is 4.74 Å². The van der Waals surface area contributed by atoms with Crippen molar-refractivity contribution in [3.05, 3.63) is 29.8 Å². The van der Waals surface area contributed by atoms with Gasteiger partial charge in [-0.15, -0.1) is 0 Å². The van der Waals surface area contributed by atoms with E-state index in [1.807, 2.05) is 13.8 Å². The fourth-order valence-electron chi connectivity index (χ4n) is 1.75. The second kappa shape index (κ2) is 6.68. The summed E-state index contributed by atoms with van der Waals surface area (Å²) in [6.07, 6.45) is 0.447. The molecule has 0 bridgehead atoms. The molecule has 1 heterocycles. The molecule has 1 saturated heterocycles. The van der Waals surface area contributed by atoms with E-state index in [4.69, 9.17) is 0 Å². The normalized spacial score (nSPS) is 13.9. The van der Waals surface area contributed by atoms with Gasteiger partial charge in [-0.2, -0.15) is 0 Å². The van der Waals surface area contributed by atoms with Crippen LogP contribution in [-0.2, 0) is 14.3 Å². The second-order valence-electron chi connectivity index (χ2n) is 3.66. The van der Waals surface area contributed by atoms with Gasteiger partial charge in [0.1, 0.15) is 0 Å². The summed E-state index contributed by atoms with van der Waals surface area (Å²) in [4.78, 5) is 35.5. The molecule has 1 aromatic rings. The van der Waals surface area contributed by atoms with Crippen LogP contribution in [0, 0.1) is 0 Å². The van der Waals surface area contributed by atoms with E-state index < -0.39 is 5.97 Å². The maximum atomic E-state index is 11.5. The third-order valence-corrected chi connectivity index (χ3v) is 2.58. The molecule has 2 rings (SSSR count). The first kappa shape index (κ1) is 14.9. The molecule has 0 spiro atoms. The van der Waals surface area contributed by atoms with Crippen molar-refractivity contribution in [2.45, 2.75) is 26.7 Å². The zero-order valence-corrected chi connectivity index (χ0v) is 11.3. The molecule has 0 atom stereocenters. The Labute approximate surface area is 112 Å². The van der Waals surface area contributed by atoms with Gasteiger partial charge in [0.05, 0.1) is 18.4 Å². The van der Waals surface area contributed by atoms with Crippen molar-refractivity contribution in [1.29, 1.82) is 0 Å². The van der Waals surface area contributed by atoms with Crippen LogP contribution in [0.1, 0.15) is 37.0 Å². The van der Waals surface area contributed by atoms with Crippen molar-refractivity contribution in [2.75, 3.05) is 12.0 Å². The maximum Gasteiger partial charge on any atom is 0.337 e. The SMILES string of the molecule is CC.COC(=O)c1cccc(N2C(=O)CCC2=O)c1. The van der Waals surface area contributed by atoms with Crippen molar-refractivity contribution in [3.63, 3.8) is 0 Å². The van der Waals surface area contributed by atoms with Crippen LogP contribution in [0.25, 0.3) is 0 Å². The van der Waals surface area contributed by atoms with E-state index in [0.717, 1.165) is 4.90 Å². The quantitative estimate of drug-likeness (QED) is 0.606.